The summed E-state index contributed by atoms with van der Waals surface area (Å²) < 4.78 is 13.7. The monoisotopic (exact) mass is 1030 g/mol. The van der Waals surface area contributed by atoms with Crippen LogP contribution in [0.2, 0.25) is 0 Å². The summed E-state index contributed by atoms with van der Waals surface area (Å²) in [5.41, 5.74) is 16.3. The average molecular weight is 1030 g/mol. The van der Waals surface area contributed by atoms with Gasteiger partial charge in [-0.15, -0.1) is 0 Å². The van der Waals surface area contributed by atoms with E-state index in [1.165, 1.54) is 72.8 Å². The van der Waals surface area contributed by atoms with Gasteiger partial charge in [-0.2, -0.15) is 0 Å². The fourth-order valence-corrected chi connectivity index (χ4v) is 12.7. The van der Waals surface area contributed by atoms with Gasteiger partial charge in [-0.3, -0.25) is 9.59 Å². The van der Waals surface area contributed by atoms with E-state index in [1.807, 2.05) is 41.3 Å². The summed E-state index contributed by atoms with van der Waals surface area (Å²) in [6.07, 6.45) is 16.6. The van der Waals surface area contributed by atoms with E-state index < -0.39 is 11.0 Å². The number of anilines is 2. The van der Waals surface area contributed by atoms with Gasteiger partial charge in [0.2, 0.25) is 0 Å². The molecular weight excluding hydrogens is 957 g/mol. The summed E-state index contributed by atoms with van der Waals surface area (Å²) in [5, 5.41) is 5.26. The molecule has 2 unspecified atom stereocenters. The molecule has 0 bridgehead atoms. The van der Waals surface area contributed by atoms with E-state index in [9.17, 15) is 9.59 Å². The third-order valence-electron chi connectivity index (χ3n) is 17.1. The van der Waals surface area contributed by atoms with Crippen LogP contribution in [-0.2, 0) is 24.0 Å². The molecule has 11 rings (SSSR count). The molecule has 1 N–H and O–H groups in total. The Morgan fingerprint density at radius 1 is 0.692 bits per heavy atom. The number of hydrogen-bond donors (Lipinski definition) is 1. The second kappa shape index (κ2) is 22.0. The summed E-state index contributed by atoms with van der Waals surface area (Å²) in [6.45, 7) is 16.8. The van der Waals surface area contributed by atoms with Gasteiger partial charge < -0.3 is 19.7 Å². The summed E-state index contributed by atoms with van der Waals surface area (Å²) in [5.74, 6) is 2.40. The van der Waals surface area contributed by atoms with Crippen molar-refractivity contribution in [2.24, 2.45) is 5.92 Å². The molecule has 8 aromatic carbocycles. The molecule has 2 aliphatic heterocycles. The predicted octanol–water partition coefficient (Wildman–Crippen LogP) is 18.3. The quantitative estimate of drug-likeness (QED) is 0.0820. The van der Waals surface area contributed by atoms with Crippen molar-refractivity contribution < 1.29 is 19.1 Å². The van der Waals surface area contributed by atoms with E-state index >= 15 is 0 Å². The maximum atomic E-state index is 14.8. The van der Waals surface area contributed by atoms with Gasteiger partial charge in [0.15, 0.2) is 5.60 Å². The van der Waals surface area contributed by atoms with Crippen molar-refractivity contribution in [2.75, 3.05) is 16.8 Å². The first-order valence-electron chi connectivity index (χ1n) is 28.8. The Hall–Kier alpha value is -7.70. The van der Waals surface area contributed by atoms with Gasteiger partial charge in [0.1, 0.15) is 11.5 Å². The van der Waals surface area contributed by atoms with Crippen LogP contribution in [0.15, 0.2) is 158 Å². The van der Waals surface area contributed by atoms with E-state index in [1.54, 1.807) is 0 Å². The van der Waals surface area contributed by atoms with Crippen LogP contribution >= 0.6 is 0 Å². The molecule has 0 radical (unpaired) electrons. The number of amides is 2. The lowest BCUT2D eigenvalue weighted by molar-refractivity contribution is 0.0994. The van der Waals surface area contributed by atoms with E-state index in [-0.39, 0.29) is 11.8 Å². The molecule has 0 spiro atoms. The lowest BCUT2D eigenvalue weighted by Crippen LogP contribution is -2.35. The van der Waals surface area contributed by atoms with Crippen LogP contribution in [0, 0.1) is 19.8 Å². The third-order valence-corrected chi connectivity index (χ3v) is 17.1. The highest BCUT2D eigenvalue weighted by Crippen LogP contribution is 2.60. The maximum absolute atomic E-state index is 14.8. The molecule has 0 saturated heterocycles. The molecule has 2 heterocycles. The maximum Gasteiger partial charge on any atom is 0.259 e. The molecule has 396 valence electrons. The highest BCUT2D eigenvalue weighted by molar-refractivity contribution is 6.16. The zero-order valence-electron chi connectivity index (χ0n) is 46.7. The zero-order chi connectivity index (χ0) is 54.1. The number of ether oxygens (including phenoxy) is 2. The fraction of sp³-hybridized carbons (Fsp3) is 0.306. The molecule has 3 aliphatic rings. The van der Waals surface area contributed by atoms with E-state index in [0.29, 0.717) is 18.7 Å². The standard InChI is InChI=1S/C72H74N2O4/c1-8-11-13-17-49(16-10-3)22-23-50-24-26-53(27-25-50)69(75)73-56-36-28-51(29-37-56)52-30-38-57(39-31-52)74-46-62-64(70(74)76)48(5)45-63-65(62)66-59-18-14-15-19-60(59)68-61(67(66)71(63,6)7)42-43-72(78-68,54-32-20-47(4)21-33-54)55-34-40-58(41-35-55)77-44-12-9-2/h14-15,18-21,24-43,45,49H,8-13,16-17,22-23,44,46H2,1-7H3,(H,73,75). The summed E-state index contributed by atoms with van der Waals surface area (Å²) in [6, 6.07) is 52.5. The molecule has 6 heteroatoms. The first-order valence-corrected chi connectivity index (χ1v) is 28.8. The van der Waals surface area contributed by atoms with E-state index in [4.69, 9.17) is 9.47 Å². The molecular formula is C72H74N2O4. The second-order valence-electron chi connectivity index (χ2n) is 22.8. The largest absolute Gasteiger partial charge is 0.494 e. The van der Waals surface area contributed by atoms with Crippen molar-refractivity contribution in [1.29, 1.82) is 0 Å². The van der Waals surface area contributed by atoms with Gasteiger partial charge in [0.05, 0.1) is 13.2 Å². The van der Waals surface area contributed by atoms with E-state index in [2.05, 4.69) is 181 Å². The van der Waals surface area contributed by atoms with Gasteiger partial charge in [0.25, 0.3) is 11.8 Å². The predicted molar refractivity (Wildman–Crippen MR) is 322 cm³/mol. The number of aryl methyl sites for hydroxylation is 3. The van der Waals surface area contributed by atoms with Crippen molar-refractivity contribution in [3.05, 3.63) is 219 Å². The lowest BCUT2D eigenvalue weighted by Gasteiger charge is -2.38. The summed E-state index contributed by atoms with van der Waals surface area (Å²) in [7, 11) is 0. The number of carbonyl (C=O) groups excluding carboxylic acids is 2. The van der Waals surface area contributed by atoms with Crippen LogP contribution in [-0.4, -0.2) is 18.4 Å². The highest BCUT2D eigenvalue weighted by Gasteiger charge is 2.47. The number of rotatable bonds is 19. The van der Waals surface area contributed by atoms with Crippen molar-refractivity contribution in [3.63, 3.8) is 0 Å². The molecule has 0 aromatic heterocycles. The molecule has 0 saturated carbocycles. The minimum atomic E-state index is -0.893. The van der Waals surface area contributed by atoms with E-state index in [0.717, 1.165) is 109 Å². The molecule has 0 fully saturated rings. The first kappa shape index (κ1) is 52.4. The Bertz CT molecular complexity index is 3540. The van der Waals surface area contributed by atoms with Crippen molar-refractivity contribution in [1.82, 2.24) is 0 Å². The summed E-state index contributed by atoms with van der Waals surface area (Å²) in [4.78, 5) is 30.1. The Morgan fingerprint density at radius 2 is 1.36 bits per heavy atom. The van der Waals surface area contributed by atoms with Crippen LogP contribution in [0.25, 0.3) is 39.1 Å². The number of nitrogens with one attached hydrogen (secondary N) is 1. The topological polar surface area (TPSA) is 67.9 Å². The number of unbranched alkanes of at least 4 members (excludes halogenated alkanes) is 3. The Balaban J connectivity index is 0.845. The minimum Gasteiger partial charge on any atom is -0.494 e. The minimum absolute atomic E-state index is 0.0209. The number of carbonyl (C=O) groups is 2. The molecule has 6 nitrogen and oxygen atoms in total. The SMILES string of the molecule is CCCCCC(CCC)CCc1ccc(C(=O)Nc2ccc(-c3ccc(N4Cc5c(c(C)cc6c5-c5c(c7c(c8ccccc58)OC(c5ccc(C)cc5)(c5ccc(OCCCC)cc5)C=C7)C6(C)C)C4=O)cc3)cc2)cc1. The Labute approximate surface area is 462 Å². The van der Waals surface area contributed by atoms with Crippen LogP contribution in [0.1, 0.15) is 163 Å². The zero-order valence-corrected chi connectivity index (χ0v) is 46.7. The Kier molecular flexibility index (Phi) is 14.7. The van der Waals surface area contributed by atoms with Crippen LogP contribution in [0.4, 0.5) is 11.4 Å². The molecule has 1 aliphatic carbocycles. The van der Waals surface area contributed by atoms with Gasteiger partial charge in [-0.05, 0) is 149 Å². The van der Waals surface area contributed by atoms with Crippen molar-refractivity contribution in [3.8, 4) is 33.8 Å². The van der Waals surface area contributed by atoms with Gasteiger partial charge in [-0.1, -0.05) is 194 Å². The number of fused-ring (bicyclic) bond motifs is 10. The van der Waals surface area contributed by atoms with Gasteiger partial charge >= 0.3 is 0 Å². The number of nitrogens with zero attached hydrogens (tertiary/aromatic N) is 1. The molecule has 2 amide bonds. The van der Waals surface area contributed by atoms with Gasteiger partial charge in [-0.25, -0.2) is 0 Å². The normalized spacial score (nSPS) is 16.1. The highest BCUT2D eigenvalue weighted by atomic mass is 16.5. The smallest absolute Gasteiger partial charge is 0.259 e. The van der Waals surface area contributed by atoms with Crippen LogP contribution in [0.5, 0.6) is 11.5 Å². The van der Waals surface area contributed by atoms with Crippen molar-refractivity contribution >= 4 is 40.0 Å². The average Bonchev–Trinajstić information content (AvgIpc) is 3.94. The fourth-order valence-electron chi connectivity index (χ4n) is 12.7. The Morgan fingerprint density at radius 3 is 2.04 bits per heavy atom. The van der Waals surface area contributed by atoms with Crippen molar-refractivity contribution in [2.45, 2.75) is 130 Å². The first-order chi connectivity index (χ1) is 37.9. The molecule has 2 atom stereocenters. The number of hydrogen-bond acceptors (Lipinski definition) is 4. The summed E-state index contributed by atoms with van der Waals surface area (Å²) >= 11 is 0. The lowest BCUT2D eigenvalue weighted by atomic mass is 9.76. The van der Waals surface area contributed by atoms with Crippen LogP contribution in [0.3, 0.4) is 0 Å². The third kappa shape index (κ3) is 9.73. The number of benzene rings is 8. The second-order valence-corrected chi connectivity index (χ2v) is 22.8. The molecule has 78 heavy (non-hydrogen) atoms. The van der Waals surface area contributed by atoms with Crippen LogP contribution < -0.4 is 19.7 Å². The van der Waals surface area contributed by atoms with Gasteiger partial charge in [0, 0.05) is 50.0 Å². The molecule has 8 aromatic rings.